The predicted molar refractivity (Wildman–Crippen MR) is 65.8 cm³/mol. The molecule has 1 aliphatic heterocycles. The van der Waals surface area contributed by atoms with E-state index in [9.17, 15) is 4.79 Å². The van der Waals surface area contributed by atoms with E-state index in [4.69, 9.17) is 5.73 Å². The molecule has 17 heavy (non-hydrogen) atoms. The highest BCUT2D eigenvalue weighted by Gasteiger charge is 2.28. The second-order valence-corrected chi connectivity index (χ2v) is 6.45. The Bertz CT molecular complexity index is 418. The Hall–Kier alpha value is -1.24. The summed E-state index contributed by atoms with van der Waals surface area (Å²) in [4.78, 5) is 13.9. The first-order valence-electron chi connectivity index (χ1n) is 5.51. The third kappa shape index (κ3) is 2.71. The summed E-state index contributed by atoms with van der Waals surface area (Å²) in [6.45, 7) is 5.81. The van der Waals surface area contributed by atoms with Crippen molar-refractivity contribution in [3.8, 4) is 0 Å². The minimum absolute atomic E-state index is 0.0613. The molecule has 6 nitrogen and oxygen atoms in total. The molecular weight excluding hydrogens is 240 g/mol. The van der Waals surface area contributed by atoms with Gasteiger partial charge in [-0.3, -0.25) is 4.79 Å². The molecule has 0 aliphatic carbocycles. The van der Waals surface area contributed by atoms with Gasteiger partial charge in [-0.1, -0.05) is 13.8 Å². The van der Waals surface area contributed by atoms with Crippen LogP contribution in [0.2, 0.25) is 0 Å². The van der Waals surface area contributed by atoms with Gasteiger partial charge in [0.05, 0.1) is 0 Å². The first-order chi connectivity index (χ1) is 7.99. The van der Waals surface area contributed by atoms with Gasteiger partial charge < -0.3 is 10.6 Å². The van der Waals surface area contributed by atoms with E-state index in [0.717, 1.165) is 12.2 Å². The van der Waals surface area contributed by atoms with Crippen LogP contribution < -0.4 is 5.73 Å². The van der Waals surface area contributed by atoms with Crippen molar-refractivity contribution in [3.63, 3.8) is 0 Å². The maximum atomic E-state index is 12.1. The molecule has 94 valence electrons. The maximum Gasteiger partial charge on any atom is 0.280 e. The zero-order valence-corrected chi connectivity index (χ0v) is 10.8. The Morgan fingerprint density at radius 1 is 1.47 bits per heavy atom. The number of nitrogens with zero attached hydrogens (tertiary/aromatic N) is 3. The Balaban J connectivity index is 2.08. The SMILES string of the molecule is CC1(C)CCN(C(=O)c2nonc2N)CCS1. The number of carbonyl (C=O) groups is 1. The fourth-order valence-corrected chi connectivity index (χ4v) is 2.82. The third-order valence-electron chi connectivity index (χ3n) is 2.84. The van der Waals surface area contributed by atoms with E-state index in [1.54, 1.807) is 4.90 Å². The van der Waals surface area contributed by atoms with Crippen molar-refractivity contribution in [3.05, 3.63) is 5.69 Å². The summed E-state index contributed by atoms with van der Waals surface area (Å²) in [5.74, 6) is 0.789. The summed E-state index contributed by atoms with van der Waals surface area (Å²) in [5, 5.41) is 6.97. The molecule has 0 aromatic carbocycles. The number of hydrogen-bond acceptors (Lipinski definition) is 6. The van der Waals surface area contributed by atoms with Gasteiger partial charge in [0.15, 0.2) is 0 Å². The van der Waals surface area contributed by atoms with Gasteiger partial charge in [-0.15, -0.1) is 0 Å². The molecule has 1 saturated heterocycles. The van der Waals surface area contributed by atoms with E-state index in [0.29, 0.717) is 13.1 Å². The summed E-state index contributed by atoms with van der Waals surface area (Å²) < 4.78 is 4.66. The van der Waals surface area contributed by atoms with Crippen LogP contribution in [0.15, 0.2) is 4.63 Å². The molecule has 2 heterocycles. The fraction of sp³-hybridized carbons (Fsp3) is 0.700. The van der Waals surface area contributed by atoms with Crippen molar-refractivity contribution in [2.24, 2.45) is 0 Å². The first-order valence-corrected chi connectivity index (χ1v) is 6.49. The third-order valence-corrected chi connectivity index (χ3v) is 4.21. The summed E-state index contributed by atoms with van der Waals surface area (Å²) in [7, 11) is 0. The molecule has 2 N–H and O–H groups in total. The molecule has 0 bridgehead atoms. The number of anilines is 1. The molecule has 0 unspecified atom stereocenters. The van der Waals surface area contributed by atoms with Crippen LogP contribution in [-0.4, -0.2) is 44.7 Å². The van der Waals surface area contributed by atoms with Crippen LogP contribution >= 0.6 is 11.8 Å². The standard InChI is InChI=1S/C10H16N4O2S/c1-10(2)3-4-14(5-6-17-10)9(15)7-8(11)13-16-12-7/h3-6H2,1-2H3,(H2,11,13). The van der Waals surface area contributed by atoms with Crippen LogP contribution in [0.4, 0.5) is 5.82 Å². The lowest BCUT2D eigenvalue weighted by Crippen LogP contribution is -2.34. The molecule has 1 aromatic rings. The Kier molecular flexibility index (Phi) is 3.28. The monoisotopic (exact) mass is 256 g/mol. The van der Waals surface area contributed by atoms with Crippen LogP contribution in [0.3, 0.4) is 0 Å². The van der Waals surface area contributed by atoms with Crippen molar-refractivity contribution < 1.29 is 9.42 Å². The van der Waals surface area contributed by atoms with Crippen molar-refractivity contribution in [1.29, 1.82) is 0 Å². The summed E-state index contributed by atoms with van der Waals surface area (Å²) in [6, 6.07) is 0. The molecule has 1 amide bonds. The summed E-state index contributed by atoms with van der Waals surface area (Å²) in [5.41, 5.74) is 5.64. The highest BCUT2D eigenvalue weighted by Crippen LogP contribution is 2.31. The Morgan fingerprint density at radius 2 is 2.24 bits per heavy atom. The number of nitrogens with two attached hydrogens (primary N) is 1. The second-order valence-electron chi connectivity index (χ2n) is 4.65. The predicted octanol–water partition coefficient (Wildman–Crippen LogP) is 1.01. The van der Waals surface area contributed by atoms with Gasteiger partial charge >= 0.3 is 0 Å². The number of carbonyl (C=O) groups excluding carboxylic acids is 1. The van der Waals surface area contributed by atoms with Gasteiger partial charge in [0.25, 0.3) is 5.91 Å². The lowest BCUT2D eigenvalue weighted by molar-refractivity contribution is 0.0754. The van der Waals surface area contributed by atoms with E-state index in [1.807, 2.05) is 11.8 Å². The average molecular weight is 256 g/mol. The molecule has 1 aromatic heterocycles. The Morgan fingerprint density at radius 3 is 2.88 bits per heavy atom. The smallest absolute Gasteiger partial charge is 0.280 e. The zero-order chi connectivity index (χ0) is 12.5. The highest BCUT2D eigenvalue weighted by atomic mass is 32.2. The molecule has 1 aliphatic rings. The molecule has 1 fully saturated rings. The van der Waals surface area contributed by atoms with Gasteiger partial charge in [0.1, 0.15) is 0 Å². The minimum Gasteiger partial charge on any atom is -0.379 e. The van der Waals surface area contributed by atoms with Gasteiger partial charge in [0, 0.05) is 23.6 Å². The van der Waals surface area contributed by atoms with E-state index < -0.39 is 0 Å². The molecule has 2 rings (SSSR count). The largest absolute Gasteiger partial charge is 0.379 e. The molecule has 0 spiro atoms. The highest BCUT2D eigenvalue weighted by molar-refractivity contribution is 8.00. The molecule has 7 heteroatoms. The van der Waals surface area contributed by atoms with Crippen molar-refractivity contribution in [2.75, 3.05) is 24.6 Å². The van der Waals surface area contributed by atoms with Crippen LogP contribution in [0.1, 0.15) is 30.8 Å². The first kappa shape index (κ1) is 12.2. The van der Waals surface area contributed by atoms with Crippen LogP contribution in [0.5, 0.6) is 0 Å². The van der Waals surface area contributed by atoms with Crippen molar-refractivity contribution >= 4 is 23.5 Å². The number of thioether (sulfide) groups is 1. The minimum atomic E-state index is -0.193. The van der Waals surface area contributed by atoms with Crippen LogP contribution in [0, 0.1) is 0 Å². The number of aromatic nitrogens is 2. The van der Waals surface area contributed by atoms with Gasteiger partial charge in [0.2, 0.25) is 11.5 Å². The van der Waals surface area contributed by atoms with E-state index in [1.165, 1.54) is 0 Å². The quantitative estimate of drug-likeness (QED) is 0.807. The van der Waals surface area contributed by atoms with Gasteiger partial charge in [-0.2, -0.15) is 11.8 Å². The number of rotatable bonds is 1. The summed E-state index contributed by atoms with van der Waals surface area (Å²) in [6.07, 6.45) is 0.953. The normalized spacial score (nSPS) is 20.0. The number of amides is 1. The van der Waals surface area contributed by atoms with Crippen molar-refractivity contribution in [2.45, 2.75) is 25.0 Å². The fourth-order valence-electron chi connectivity index (χ4n) is 1.72. The zero-order valence-electron chi connectivity index (χ0n) is 9.97. The van der Waals surface area contributed by atoms with Crippen molar-refractivity contribution in [1.82, 2.24) is 15.2 Å². The maximum absolute atomic E-state index is 12.1. The van der Waals surface area contributed by atoms with Crippen LogP contribution in [-0.2, 0) is 0 Å². The van der Waals surface area contributed by atoms with E-state index in [2.05, 4.69) is 28.8 Å². The van der Waals surface area contributed by atoms with E-state index in [-0.39, 0.29) is 22.2 Å². The second kappa shape index (κ2) is 4.56. The van der Waals surface area contributed by atoms with E-state index >= 15 is 0 Å². The molecule has 0 radical (unpaired) electrons. The van der Waals surface area contributed by atoms with Crippen LogP contribution in [0.25, 0.3) is 0 Å². The van der Waals surface area contributed by atoms with Gasteiger partial charge in [-0.25, -0.2) is 4.63 Å². The number of nitrogen functional groups attached to an aromatic ring is 1. The molecular formula is C10H16N4O2S. The molecule has 0 saturated carbocycles. The summed E-state index contributed by atoms with van der Waals surface area (Å²) >= 11 is 1.88. The van der Waals surface area contributed by atoms with Gasteiger partial charge in [-0.05, 0) is 16.7 Å². The lowest BCUT2D eigenvalue weighted by atomic mass is 10.1. The number of hydrogen-bond donors (Lipinski definition) is 1. The Labute approximate surface area is 104 Å². The molecule has 0 atom stereocenters. The lowest BCUT2D eigenvalue weighted by Gasteiger charge is -2.22. The average Bonchev–Trinajstić information content (AvgIpc) is 2.59. The topological polar surface area (TPSA) is 85.2 Å².